The highest BCUT2D eigenvalue weighted by Crippen LogP contribution is 2.29. The van der Waals surface area contributed by atoms with Crippen LogP contribution < -0.4 is 10.1 Å². The van der Waals surface area contributed by atoms with Gasteiger partial charge in [0.15, 0.2) is 0 Å². The van der Waals surface area contributed by atoms with Crippen LogP contribution in [0.4, 0.5) is 4.79 Å². The number of ether oxygens (including phenoxy) is 1. The minimum Gasteiger partial charge on any atom is -0.457 e. The van der Waals surface area contributed by atoms with E-state index in [1.807, 2.05) is 36.4 Å². The molecule has 4 nitrogen and oxygen atoms in total. The Labute approximate surface area is 151 Å². The molecule has 1 aliphatic rings. The summed E-state index contributed by atoms with van der Waals surface area (Å²) in [6.45, 7) is 6.54. The molecule has 0 unspecified atom stereocenters. The highest BCUT2D eigenvalue weighted by molar-refractivity contribution is 8.18. The first kappa shape index (κ1) is 17.3. The van der Waals surface area contributed by atoms with Gasteiger partial charge in [-0.05, 0) is 58.6 Å². The summed E-state index contributed by atoms with van der Waals surface area (Å²) in [6, 6.07) is 15.7. The molecule has 0 bridgehead atoms. The molecule has 1 fully saturated rings. The van der Waals surface area contributed by atoms with E-state index < -0.39 is 0 Å². The van der Waals surface area contributed by atoms with E-state index in [4.69, 9.17) is 10.1 Å². The molecule has 5 heteroatoms. The van der Waals surface area contributed by atoms with Crippen molar-refractivity contribution in [3.8, 4) is 11.5 Å². The van der Waals surface area contributed by atoms with Gasteiger partial charge in [0.2, 0.25) is 0 Å². The maximum absolute atomic E-state index is 11.3. The molecular weight excluding hydrogens is 332 g/mol. The van der Waals surface area contributed by atoms with Gasteiger partial charge in [0, 0.05) is 0 Å². The highest BCUT2D eigenvalue weighted by atomic mass is 32.2. The van der Waals surface area contributed by atoms with Crippen molar-refractivity contribution in [2.24, 2.45) is 0 Å². The lowest BCUT2D eigenvalue weighted by Gasteiger charge is -2.19. The maximum Gasteiger partial charge on any atom is 0.289 e. The van der Waals surface area contributed by atoms with Crippen LogP contribution in [0.25, 0.3) is 6.08 Å². The zero-order valence-electron chi connectivity index (χ0n) is 14.4. The molecule has 3 rings (SSSR count). The second-order valence-electron chi connectivity index (χ2n) is 6.85. The lowest BCUT2D eigenvalue weighted by atomic mass is 9.87. The van der Waals surface area contributed by atoms with Crippen LogP contribution in [0.15, 0.2) is 53.4 Å². The Balaban J connectivity index is 1.77. The summed E-state index contributed by atoms with van der Waals surface area (Å²) in [5, 5.41) is 9.98. The predicted molar refractivity (Wildman–Crippen MR) is 103 cm³/mol. The van der Waals surface area contributed by atoms with Crippen LogP contribution in [-0.4, -0.2) is 11.1 Å². The molecule has 128 valence electrons. The largest absolute Gasteiger partial charge is 0.457 e. The second-order valence-corrected chi connectivity index (χ2v) is 7.86. The molecule has 1 aliphatic heterocycles. The van der Waals surface area contributed by atoms with Crippen LogP contribution in [-0.2, 0) is 5.41 Å². The van der Waals surface area contributed by atoms with E-state index in [2.05, 4.69) is 38.2 Å². The fourth-order valence-corrected chi connectivity index (χ4v) is 3.12. The summed E-state index contributed by atoms with van der Waals surface area (Å²) >= 11 is 1.03. The van der Waals surface area contributed by atoms with Crippen molar-refractivity contribution < 1.29 is 9.53 Å². The average Bonchev–Trinajstić information content (AvgIpc) is 2.85. The number of hydrogen-bond donors (Lipinski definition) is 2. The Kier molecular flexibility index (Phi) is 4.68. The second kappa shape index (κ2) is 6.76. The maximum atomic E-state index is 11.3. The molecular formula is C20H20N2O2S. The van der Waals surface area contributed by atoms with Crippen LogP contribution in [0.5, 0.6) is 11.5 Å². The van der Waals surface area contributed by atoms with Gasteiger partial charge in [-0.3, -0.25) is 10.2 Å². The van der Waals surface area contributed by atoms with Gasteiger partial charge >= 0.3 is 0 Å². The molecule has 2 aromatic carbocycles. The molecule has 0 radical (unpaired) electrons. The number of hydrogen-bond acceptors (Lipinski definition) is 4. The average molecular weight is 352 g/mol. The van der Waals surface area contributed by atoms with Crippen LogP contribution in [0.3, 0.4) is 0 Å². The third kappa shape index (κ3) is 4.31. The normalized spacial score (nSPS) is 16.2. The summed E-state index contributed by atoms with van der Waals surface area (Å²) in [7, 11) is 0. The van der Waals surface area contributed by atoms with Crippen molar-refractivity contribution >= 4 is 28.9 Å². The minimum atomic E-state index is -0.220. The van der Waals surface area contributed by atoms with Crippen LogP contribution >= 0.6 is 11.8 Å². The number of amidine groups is 1. The van der Waals surface area contributed by atoms with E-state index >= 15 is 0 Å². The quantitative estimate of drug-likeness (QED) is 0.761. The van der Waals surface area contributed by atoms with Crippen molar-refractivity contribution in [3.63, 3.8) is 0 Å². The monoisotopic (exact) mass is 352 g/mol. The van der Waals surface area contributed by atoms with Gasteiger partial charge in [0.1, 0.15) is 17.3 Å². The first-order chi connectivity index (χ1) is 11.8. The molecule has 0 aliphatic carbocycles. The van der Waals surface area contributed by atoms with Crippen molar-refractivity contribution in [1.82, 2.24) is 5.32 Å². The van der Waals surface area contributed by atoms with Gasteiger partial charge < -0.3 is 10.1 Å². The van der Waals surface area contributed by atoms with Gasteiger partial charge in [-0.1, -0.05) is 45.0 Å². The Morgan fingerprint density at radius 2 is 1.80 bits per heavy atom. The van der Waals surface area contributed by atoms with Gasteiger partial charge in [-0.2, -0.15) is 0 Å². The lowest BCUT2D eigenvalue weighted by Crippen LogP contribution is -2.17. The number of thioether (sulfide) groups is 1. The number of amides is 1. The molecule has 25 heavy (non-hydrogen) atoms. The third-order valence-corrected chi connectivity index (χ3v) is 4.62. The van der Waals surface area contributed by atoms with E-state index in [-0.39, 0.29) is 16.5 Å². The number of carbonyl (C=O) groups is 1. The van der Waals surface area contributed by atoms with Gasteiger partial charge in [-0.15, -0.1) is 0 Å². The van der Waals surface area contributed by atoms with Crippen LogP contribution in [0.1, 0.15) is 31.9 Å². The standard InChI is InChI=1S/C20H20N2O2S/c1-20(2,3)14-7-9-15(10-8-14)24-16-6-4-5-13(11-16)12-17-18(21)22-19(23)25-17/h4-12H,1-3H3,(H2,21,22,23)/b17-12+. The molecule has 2 N–H and O–H groups in total. The van der Waals surface area contributed by atoms with E-state index in [0.717, 1.165) is 23.1 Å². The first-order valence-electron chi connectivity index (χ1n) is 7.99. The minimum absolute atomic E-state index is 0.111. The molecule has 0 saturated carbocycles. The lowest BCUT2D eigenvalue weighted by molar-refractivity contribution is 0.265. The summed E-state index contributed by atoms with van der Waals surface area (Å²) in [5.41, 5.74) is 2.25. The first-order valence-corrected chi connectivity index (χ1v) is 8.81. The summed E-state index contributed by atoms with van der Waals surface area (Å²) in [5.74, 6) is 1.63. The SMILES string of the molecule is CC(C)(C)c1ccc(Oc2cccc(/C=C3/SC(=O)NC3=N)c2)cc1. The highest BCUT2D eigenvalue weighted by Gasteiger charge is 2.21. The fourth-order valence-electron chi connectivity index (χ4n) is 2.42. The number of benzene rings is 2. The molecule has 1 amide bonds. The number of nitrogens with one attached hydrogen (secondary N) is 2. The Morgan fingerprint density at radius 1 is 1.08 bits per heavy atom. The Morgan fingerprint density at radius 3 is 2.40 bits per heavy atom. The summed E-state index contributed by atoms with van der Waals surface area (Å²) in [6.07, 6.45) is 1.81. The molecule has 2 aromatic rings. The zero-order chi connectivity index (χ0) is 18.0. The van der Waals surface area contributed by atoms with Gasteiger partial charge in [-0.25, -0.2) is 0 Å². The van der Waals surface area contributed by atoms with E-state index in [0.29, 0.717) is 10.7 Å². The van der Waals surface area contributed by atoms with Crippen LogP contribution in [0, 0.1) is 5.41 Å². The smallest absolute Gasteiger partial charge is 0.289 e. The van der Waals surface area contributed by atoms with Crippen molar-refractivity contribution in [3.05, 3.63) is 64.6 Å². The number of rotatable bonds is 3. The predicted octanol–water partition coefficient (Wildman–Crippen LogP) is 5.55. The van der Waals surface area contributed by atoms with Gasteiger partial charge in [0.05, 0.1) is 4.91 Å². The van der Waals surface area contributed by atoms with Crippen LogP contribution in [0.2, 0.25) is 0 Å². The molecule has 0 aromatic heterocycles. The molecule has 1 saturated heterocycles. The summed E-state index contributed by atoms with van der Waals surface area (Å²) < 4.78 is 5.93. The molecule has 0 spiro atoms. The van der Waals surface area contributed by atoms with E-state index in [9.17, 15) is 4.79 Å². The summed E-state index contributed by atoms with van der Waals surface area (Å²) in [4.78, 5) is 11.9. The van der Waals surface area contributed by atoms with E-state index in [1.165, 1.54) is 5.56 Å². The van der Waals surface area contributed by atoms with Crippen molar-refractivity contribution in [2.75, 3.05) is 0 Å². The molecule has 1 heterocycles. The van der Waals surface area contributed by atoms with Crippen molar-refractivity contribution in [2.45, 2.75) is 26.2 Å². The Hall–Kier alpha value is -2.53. The number of carbonyl (C=O) groups excluding carboxylic acids is 1. The van der Waals surface area contributed by atoms with Gasteiger partial charge in [0.25, 0.3) is 5.24 Å². The Bertz CT molecular complexity index is 849. The topological polar surface area (TPSA) is 62.2 Å². The third-order valence-electron chi connectivity index (χ3n) is 3.79. The fraction of sp³-hybridized carbons (Fsp3) is 0.200. The molecule has 0 atom stereocenters. The van der Waals surface area contributed by atoms with E-state index in [1.54, 1.807) is 6.08 Å². The zero-order valence-corrected chi connectivity index (χ0v) is 15.2. The van der Waals surface area contributed by atoms with Crippen molar-refractivity contribution in [1.29, 1.82) is 5.41 Å².